The summed E-state index contributed by atoms with van der Waals surface area (Å²) in [6, 6.07) is 16.1. The number of carbonyl (C=O) groups excluding carboxylic acids is 2. The lowest BCUT2D eigenvalue weighted by Gasteiger charge is -2.24. The first kappa shape index (κ1) is 17.0. The van der Waals surface area contributed by atoms with Gasteiger partial charge in [-0.3, -0.25) is 19.5 Å². The van der Waals surface area contributed by atoms with Crippen molar-refractivity contribution < 1.29 is 14.0 Å². The van der Waals surface area contributed by atoms with Gasteiger partial charge in [0, 0.05) is 11.9 Å². The molecule has 4 rings (SSSR count). The van der Waals surface area contributed by atoms with Crippen LogP contribution in [0.15, 0.2) is 65.2 Å². The molecule has 0 fully saturated rings. The predicted octanol–water partition coefficient (Wildman–Crippen LogP) is 3.39. The van der Waals surface area contributed by atoms with Gasteiger partial charge in [0.1, 0.15) is 11.5 Å². The molecule has 136 valence electrons. The van der Waals surface area contributed by atoms with Crippen LogP contribution in [-0.4, -0.2) is 16.8 Å². The molecule has 1 aliphatic rings. The third-order valence-corrected chi connectivity index (χ3v) is 4.58. The molecule has 0 radical (unpaired) electrons. The summed E-state index contributed by atoms with van der Waals surface area (Å²) in [5, 5.41) is 2.86. The van der Waals surface area contributed by atoms with E-state index >= 15 is 0 Å². The van der Waals surface area contributed by atoms with Gasteiger partial charge >= 0.3 is 0 Å². The molecular formula is C21H19N3O3. The number of rotatable bonds is 5. The maximum Gasteiger partial charge on any atom is 0.260 e. The Labute approximate surface area is 156 Å². The van der Waals surface area contributed by atoms with Gasteiger partial charge in [-0.2, -0.15) is 0 Å². The third kappa shape index (κ3) is 3.33. The monoisotopic (exact) mass is 361 g/mol. The molecule has 0 spiro atoms. The lowest BCUT2D eigenvalue weighted by atomic mass is 10.1. The molecule has 1 aliphatic heterocycles. The SMILES string of the molecule is Cc1ccc(CNC(=O)CC2c3ncccc3C(=O)N2c2ccccc2)o1. The standard InChI is InChI=1S/C21H19N3O3/c1-14-9-10-16(27-14)13-23-19(25)12-18-20-17(8-5-11-22-20)21(26)24(18)15-6-3-2-4-7-15/h2-11,18H,12-13H2,1H3,(H,23,25). The third-order valence-electron chi connectivity index (χ3n) is 4.58. The van der Waals surface area contributed by atoms with E-state index in [1.54, 1.807) is 23.2 Å². The first-order valence-corrected chi connectivity index (χ1v) is 8.79. The van der Waals surface area contributed by atoms with Crippen molar-refractivity contribution in [3.05, 3.63) is 83.6 Å². The van der Waals surface area contributed by atoms with E-state index in [-0.39, 0.29) is 18.2 Å². The Morgan fingerprint density at radius 2 is 1.96 bits per heavy atom. The minimum atomic E-state index is -0.436. The number of hydrogen-bond acceptors (Lipinski definition) is 4. The Hall–Kier alpha value is -3.41. The Bertz CT molecular complexity index is 981. The van der Waals surface area contributed by atoms with Gasteiger partial charge in [-0.25, -0.2) is 0 Å². The normalized spacial score (nSPS) is 15.7. The van der Waals surface area contributed by atoms with E-state index in [0.29, 0.717) is 23.6 Å². The summed E-state index contributed by atoms with van der Waals surface area (Å²) in [7, 11) is 0. The second-order valence-electron chi connectivity index (χ2n) is 6.46. The molecule has 6 nitrogen and oxygen atoms in total. The summed E-state index contributed by atoms with van der Waals surface area (Å²) in [4.78, 5) is 31.5. The maximum atomic E-state index is 12.9. The highest BCUT2D eigenvalue weighted by atomic mass is 16.3. The number of nitrogens with one attached hydrogen (secondary N) is 1. The van der Waals surface area contributed by atoms with Crippen LogP contribution in [0.25, 0.3) is 0 Å². The second kappa shape index (κ2) is 7.07. The minimum Gasteiger partial charge on any atom is -0.465 e. The molecule has 0 aliphatic carbocycles. The zero-order chi connectivity index (χ0) is 18.8. The zero-order valence-corrected chi connectivity index (χ0v) is 14.9. The number of nitrogens with zero attached hydrogens (tertiary/aromatic N) is 2. The molecule has 3 aromatic rings. The first-order chi connectivity index (χ1) is 13.1. The zero-order valence-electron chi connectivity index (χ0n) is 14.9. The topological polar surface area (TPSA) is 75.4 Å². The van der Waals surface area contributed by atoms with Crippen LogP contribution >= 0.6 is 0 Å². The van der Waals surface area contributed by atoms with Gasteiger partial charge in [-0.15, -0.1) is 0 Å². The fraction of sp³-hybridized carbons (Fsp3) is 0.190. The summed E-state index contributed by atoms with van der Waals surface area (Å²) >= 11 is 0. The van der Waals surface area contributed by atoms with Gasteiger partial charge < -0.3 is 9.73 Å². The number of amides is 2. The molecule has 3 heterocycles. The van der Waals surface area contributed by atoms with E-state index in [1.165, 1.54) is 0 Å². The Kier molecular flexibility index (Phi) is 4.46. The van der Waals surface area contributed by atoms with Crippen molar-refractivity contribution in [3.8, 4) is 0 Å². The van der Waals surface area contributed by atoms with Crippen LogP contribution in [-0.2, 0) is 11.3 Å². The quantitative estimate of drug-likeness (QED) is 0.756. The van der Waals surface area contributed by atoms with Crippen LogP contribution in [0.2, 0.25) is 0 Å². The van der Waals surface area contributed by atoms with E-state index in [1.807, 2.05) is 49.4 Å². The number of carbonyl (C=O) groups is 2. The van der Waals surface area contributed by atoms with Gasteiger partial charge in [-0.1, -0.05) is 18.2 Å². The van der Waals surface area contributed by atoms with Crippen molar-refractivity contribution in [2.24, 2.45) is 0 Å². The average Bonchev–Trinajstić information content (AvgIpc) is 3.23. The minimum absolute atomic E-state index is 0.129. The largest absolute Gasteiger partial charge is 0.465 e. The van der Waals surface area contributed by atoms with E-state index in [9.17, 15) is 9.59 Å². The maximum absolute atomic E-state index is 12.9. The molecule has 2 amide bonds. The fourth-order valence-corrected chi connectivity index (χ4v) is 3.34. The fourth-order valence-electron chi connectivity index (χ4n) is 3.34. The second-order valence-corrected chi connectivity index (χ2v) is 6.46. The van der Waals surface area contributed by atoms with Crippen LogP contribution in [0.3, 0.4) is 0 Å². The van der Waals surface area contributed by atoms with Crippen molar-refractivity contribution in [3.63, 3.8) is 0 Å². The van der Waals surface area contributed by atoms with Crippen LogP contribution < -0.4 is 10.2 Å². The number of para-hydroxylation sites is 1. The predicted molar refractivity (Wildman–Crippen MR) is 100 cm³/mol. The highest BCUT2D eigenvalue weighted by Gasteiger charge is 2.39. The highest BCUT2D eigenvalue weighted by Crippen LogP contribution is 2.38. The van der Waals surface area contributed by atoms with Gasteiger partial charge in [0.05, 0.1) is 30.3 Å². The van der Waals surface area contributed by atoms with Crippen molar-refractivity contribution in [2.45, 2.75) is 25.9 Å². The lowest BCUT2D eigenvalue weighted by molar-refractivity contribution is -0.121. The van der Waals surface area contributed by atoms with Crippen LogP contribution in [0.4, 0.5) is 5.69 Å². The first-order valence-electron chi connectivity index (χ1n) is 8.79. The van der Waals surface area contributed by atoms with E-state index in [4.69, 9.17) is 4.42 Å². The number of fused-ring (bicyclic) bond motifs is 1. The molecule has 1 atom stereocenters. The molecule has 1 unspecified atom stereocenters. The molecule has 6 heteroatoms. The van der Waals surface area contributed by atoms with Gasteiger partial charge in [0.15, 0.2) is 0 Å². The van der Waals surface area contributed by atoms with Crippen molar-refractivity contribution in [1.29, 1.82) is 0 Å². The summed E-state index contributed by atoms with van der Waals surface area (Å²) < 4.78 is 5.48. The number of hydrogen-bond donors (Lipinski definition) is 1. The van der Waals surface area contributed by atoms with Crippen molar-refractivity contribution in [2.75, 3.05) is 4.90 Å². The van der Waals surface area contributed by atoms with Crippen LogP contribution in [0, 0.1) is 6.92 Å². The van der Waals surface area contributed by atoms with Crippen LogP contribution in [0.5, 0.6) is 0 Å². The van der Waals surface area contributed by atoms with E-state index in [0.717, 1.165) is 11.4 Å². The summed E-state index contributed by atoms with van der Waals surface area (Å²) in [5.41, 5.74) is 1.93. The number of aryl methyl sites for hydroxylation is 1. The number of benzene rings is 1. The van der Waals surface area contributed by atoms with E-state index < -0.39 is 6.04 Å². The Balaban J connectivity index is 1.56. The van der Waals surface area contributed by atoms with Gasteiger partial charge in [-0.05, 0) is 43.3 Å². The molecule has 1 aromatic carbocycles. The lowest BCUT2D eigenvalue weighted by Crippen LogP contribution is -2.32. The Morgan fingerprint density at radius 1 is 1.15 bits per heavy atom. The highest BCUT2D eigenvalue weighted by molar-refractivity contribution is 6.11. The summed E-state index contributed by atoms with van der Waals surface area (Å²) in [6.45, 7) is 2.17. The summed E-state index contributed by atoms with van der Waals surface area (Å²) in [6.07, 6.45) is 1.78. The average molecular weight is 361 g/mol. The van der Waals surface area contributed by atoms with Crippen LogP contribution in [0.1, 0.15) is 40.0 Å². The molecule has 1 N–H and O–H groups in total. The molecule has 0 saturated carbocycles. The number of pyridine rings is 1. The number of aromatic nitrogens is 1. The molecule has 0 saturated heterocycles. The number of furan rings is 1. The molecule has 0 bridgehead atoms. The molecular weight excluding hydrogens is 342 g/mol. The van der Waals surface area contributed by atoms with E-state index in [2.05, 4.69) is 10.3 Å². The van der Waals surface area contributed by atoms with Gasteiger partial charge in [0.2, 0.25) is 5.91 Å². The molecule has 2 aromatic heterocycles. The van der Waals surface area contributed by atoms with Crippen molar-refractivity contribution >= 4 is 17.5 Å². The summed E-state index contributed by atoms with van der Waals surface area (Å²) in [5.74, 6) is 1.20. The van der Waals surface area contributed by atoms with Gasteiger partial charge in [0.25, 0.3) is 5.91 Å². The van der Waals surface area contributed by atoms with Crippen molar-refractivity contribution in [1.82, 2.24) is 10.3 Å². The number of anilines is 1. The molecule has 27 heavy (non-hydrogen) atoms. The smallest absolute Gasteiger partial charge is 0.260 e. The Morgan fingerprint density at radius 3 is 2.70 bits per heavy atom.